The van der Waals surface area contributed by atoms with Crippen LogP contribution in [0, 0.1) is 13.8 Å². The molecule has 5 rings (SSSR count). The third-order valence-corrected chi connectivity index (χ3v) is 11.9. The fourth-order valence-electron chi connectivity index (χ4n) is 8.35. The Bertz CT molecular complexity index is 2440. The number of aromatic amines is 2. The zero-order valence-electron chi connectivity index (χ0n) is 41.7. The number of aromatic nitrogens is 4. The van der Waals surface area contributed by atoms with Gasteiger partial charge in [-0.15, -0.1) is 0 Å². The molecule has 0 fully saturated rings. The van der Waals surface area contributed by atoms with Crippen LogP contribution in [0.3, 0.4) is 0 Å². The van der Waals surface area contributed by atoms with Crippen LogP contribution in [-0.4, -0.2) is 140 Å². The maximum absolute atomic E-state index is 14.4. The van der Waals surface area contributed by atoms with E-state index >= 15 is 0 Å². The lowest BCUT2D eigenvalue weighted by atomic mass is 9.85. The number of nitrogens with one attached hydrogen (secondary N) is 4. The van der Waals surface area contributed by atoms with E-state index in [0.29, 0.717) is 69.5 Å². The number of nitrogens with zero attached hydrogens (tertiary/aromatic N) is 4. The molecular weight excluding hydrogens is 845 g/mol. The summed E-state index contributed by atoms with van der Waals surface area (Å²) in [7, 11) is 13.8. The topological polar surface area (TPSA) is 239 Å². The number of ketones is 1. The van der Waals surface area contributed by atoms with Crippen LogP contribution in [0.15, 0.2) is 18.2 Å². The van der Waals surface area contributed by atoms with Crippen LogP contribution in [0.1, 0.15) is 145 Å². The summed E-state index contributed by atoms with van der Waals surface area (Å²) in [6.45, 7) is 16.3. The van der Waals surface area contributed by atoms with Gasteiger partial charge in [-0.3, -0.25) is 29.1 Å². The largest absolute Gasteiger partial charge is 0.550 e. The van der Waals surface area contributed by atoms with Crippen molar-refractivity contribution in [3.63, 3.8) is 0 Å². The lowest BCUT2D eigenvalue weighted by molar-refractivity contribution is -0.869. The minimum Gasteiger partial charge on any atom is -0.550 e. The molecule has 0 aliphatic carbocycles. The van der Waals surface area contributed by atoms with Gasteiger partial charge in [-0.25, -0.2) is 0 Å². The Morgan fingerprint density at radius 3 is 1.73 bits per heavy atom. The molecule has 2 aliphatic heterocycles. The first kappa shape index (κ1) is 54.4. The van der Waals surface area contributed by atoms with Crippen LogP contribution in [0.4, 0.5) is 0 Å². The zero-order chi connectivity index (χ0) is 50.0. The van der Waals surface area contributed by atoms with Crippen LogP contribution in [0.5, 0.6) is 0 Å². The average Bonchev–Trinajstić information content (AvgIpc) is 3.87. The second kappa shape index (κ2) is 23.0. The second-order valence-electron chi connectivity index (χ2n) is 19.3. The van der Waals surface area contributed by atoms with Gasteiger partial charge >= 0.3 is 5.97 Å². The highest BCUT2D eigenvalue weighted by Crippen LogP contribution is 2.43. The molecule has 0 spiro atoms. The van der Waals surface area contributed by atoms with Crippen LogP contribution < -0.4 is 20.8 Å². The third-order valence-electron chi connectivity index (χ3n) is 11.9. The Morgan fingerprint density at radius 2 is 1.20 bits per heavy atom. The highest BCUT2D eigenvalue weighted by molar-refractivity contribution is 6.06. The number of carbonyl (C=O) groups excluding carboxylic acids is 6. The molecule has 362 valence electrons. The number of aryl methyl sites for hydroxylation is 2. The summed E-state index contributed by atoms with van der Waals surface area (Å²) in [5.41, 5.74) is 8.90. The predicted octanol–water partition coefficient (Wildman–Crippen LogP) is 3.59. The molecule has 8 bridgehead atoms. The molecule has 0 aromatic carbocycles. The van der Waals surface area contributed by atoms with Gasteiger partial charge in [0.15, 0.2) is 5.78 Å². The number of fused-ring (bicyclic) bond motifs is 8. The molecule has 4 N–H and O–H groups in total. The quantitative estimate of drug-likeness (QED) is 0.104. The average molecular weight is 917 g/mol. The van der Waals surface area contributed by atoms with Crippen LogP contribution in [-0.2, 0) is 30.3 Å². The number of Topliss-reactive ketones (excluding diaryl/α,β-unsaturated/α-hetero) is 1. The minimum absolute atomic E-state index is 0.0513. The number of amides is 2. The van der Waals surface area contributed by atoms with Gasteiger partial charge in [0.05, 0.1) is 104 Å². The molecule has 17 heteroatoms. The number of carboxylic acid groups (broad SMARTS) is 2. The summed E-state index contributed by atoms with van der Waals surface area (Å²) in [5.74, 6) is -3.32. The van der Waals surface area contributed by atoms with Crippen molar-refractivity contribution in [1.29, 1.82) is 0 Å². The Labute approximate surface area is 388 Å². The number of hydrogen-bond donors (Lipinski definition) is 4. The smallest absolute Gasteiger partial charge is 0.310 e. The Morgan fingerprint density at radius 1 is 0.712 bits per heavy atom. The molecular formula is C49H72N8O9. The van der Waals surface area contributed by atoms with Crippen LogP contribution in [0.2, 0.25) is 0 Å². The number of rotatable bonds is 14. The summed E-state index contributed by atoms with van der Waals surface area (Å²) in [6.07, 6.45) is 1.38. The van der Waals surface area contributed by atoms with Crippen molar-refractivity contribution in [2.75, 3.05) is 75.6 Å². The Hall–Kier alpha value is -5.94. The van der Waals surface area contributed by atoms with E-state index in [1.165, 1.54) is 7.11 Å². The number of H-pyrrole nitrogens is 2. The summed E-state index contributed by atoms with van der Waals surface area (Å²) >= 11 is 0. The zero-order valence-corrected chi connectivity index (χ0v) is 41.7. The van der Waals surface area contributed by atoms with Crippen molar-refractivity contribution in [2.45, 2.75) is 105 Å². The van der Waals surface area contributed by atoms with Crippen molar-refractivity contribution in [3.05, 3.63) is 68.8 Å². The lowest BCUT2D eigenvalue weighted by Crippen LogP contribution is -2.42. The van der Waals surface area contributed by atoms with Gasteiger partial charge in [0, 0.05) is 81.3 Å². The van der Waals surface area contributed by atoms with E-state index in [9.17, 15) is 19.2 Å². The number of methoxy groups -OCH3 is 1. The van der Waals surface area contributed by atoms with E-state index in [2.05, 4.69) is 83.7 Å². The van der Waals surface area contributed by atoms with Crippen molar-refractivity contribution in [2.24, 2.45) is 0 Å². The third kappa shape index (κ3) is 14.8. The van der Waals surface area contributed by atoms with E-state index in [4.69, 9.17) is 34.5 Å². The minimum atomic E-state index is -1.08. The first-order valence-electron chi connectivity index (χ1n) is 22.5. The van der Waals surface area contributed by atoms with E-state index in [0.717, 1.165) is 65.0 Å². The molecule has 2 aliphatic rings. The van der Waals surface area contributed by atoms with Crippen molar-refractivity contribution in [1.82, 2.24) is 30.6 Å². The molecule has 4 atom stereocenters. The molecule has 0 unspecified atom stereocenters. The number of quaternary nitrogens is 2. The first-order chi connectivity index (χ1) is 30.6. The predicted molar refractivity (Wildman–Crippen MR) is 251 cm³/mol. The van der Waals surface area contributed by atoms with Gasteiger partial charge in [0.25, 0.3) is 5.91 Å². The van der Waals surface area contributed by atoms with Gasteiger partial charge in [0.1, 0.15) is 0 Å². The van der Waals surface area contributed by atoms with Crippen LogP contribution >= 0.6 is 0 Å². The molecule has 3 aromatic heterocycles. The first-order valence-corrected chi connectivity index (χ1v) is 22.5. The van der Waals surface area contributed by atoms with Crippen molar-refractivity contribution in [3.8, 4) is 0 Å². The van der Waals surface area contributed by atoms with Gasteiger partial charge in [-0.2, -0.15) is 0 Å². The van der Waals surface area contributed by atoms with E-state index in [-0.39, 0.29) is 54.1 Å². The van der Waals surface area contributed by atoms with Gasteiger partial charge in [0.2, 0.25) is 5.91 Å². The standard InChI is InChI=1S/C45H64N8O5.2C2H4O2/c1-14-30-25(2)33-24-38-41(29(6)54)27(4)35(49-38)22-34-26(3)31(15-16-39(55)46-17-19-52(7,8)9)43(50-34)32(21-40(56)58-13)44-42(45(57)47-18-20-53(10,11)12)28(5)36(51-44)23-37(30)48-33;2*1-2(3)4/h22-26,30-31H,14-21H2,1-13H3,(H2-2,46,47,48,49,50,51,54,55,57);2*1H3,(H,3,4)/t25-,26+,30-,31+;;/m1../s1. The molecule has 3 aromatic rings. The number of ether oxygens (including phenoxy) is 1. The maximum Gasteiger partial charge on any atom is 0.310 e. The molecule has 0 radical (unpaired) electrons. The van der Waals surface area contributed by atoms with E-state index < -0.39 is 17.9 Å². The number of esters is 1. The summed E-state index contributed by atoms with van der Waals surface area (Å²) < 4.78 is 6.68. The monoisotopic (exact) mass is 917 g/mol. The normalized spacial score (nSPS) is 16.8. The molecule has 17 nitrogen and oxygen atoms in total. The summed E-state index contributed by atoms with van der Waals surface area (Å²) in [5, 5.41) is 24.0. The highest BCUT2D eigenvalue weighted by atomic mass is 16.5. The molecule has 66 heavy (non-hydrogen) atoms. The van der Waals surface area contributed by atoms with Gasteiger partial charge in [-0.05, 0) is 76.8 Å². The Kier molecular flexibility index (Phi) is 18.9. The number of carboxylic acids is 2. The highest BCUT2D eigenvalue weighted by Gasteiger charge is 2.34. The van der Waals surface area contributed by atoms with E-state index in [1.807, 2.05) is 32.0 Å². The molecule has 2 amide bonds. The number of hydrogen-bond acceptors (Lipinski definition) is 11. The fourth-order valence-corrected chi connectivity index (χ4v) is 8.35. The van der Waals surface area contributed by atoms with Gasteiger partial charge < -0.3 is 54.1 Å². The SMILES string of the molecule is CC(=O)[O-].CC(=O)[O-].CC[C@H]1c2cc3[nH]c(c(CC(=O)OC)c4nc(cc5[nH]c(cc(n2)[C@@H]1C)c(C(C)=O)c5C)[C@@H](C)[C@@H]4CCC(=O)NCC[N+](C)(C)C)c(C(=O)NCC[N+](C)(C)C)c3C. The number of carbonyl (C=O) groups is 6. The lowest BCUT2D eigenvalue weighted by Gasteiger charge is -2.24. The number of aliphatic carboxylic acids is 2. The van der Waals surface area contributed by atoms with Gasteiger partial charge in [-0.1, -0.05) is 20.8 Å². The molecule has 0 saturated heterocycles. The summed E-state index contributed by atoms with van der Waals surface area (Å²) in [4.78, 5) is 89.7. The van der Waals surface area contributed by atoms with Crippen molar-refractivity contribution >= 4 is 57.6 Å². The van der Waals surface area contributed by atoms with Crippen LogP contribution in [0.25, 0.3) is 22.1 Å². The van der Waals surface area contributed by atoms with E-state index in [1.54, 1.807) is 6.92 Å². The fraction of sp³-hybridized carbons (Fsp3) is 0.551. The number of likely N-dealkylation sites (N-methyl/N-ethyl adjacent to an activating group) is 2. The summed E-state index contributed by atoms with van der Waals surface area (Å²) in [6, 6.07) is 6.01. The second-order valence-corrected chi connectivity index (χ2v) is 19.3. The Balaban J connectivity index is 0.00000133. The molecule has 0 saturated carbocycles. The maximum atomic E-state index is 14.4. The van der Waals surface area contributed by atoms with Crippen molar-refractivity contribution < 1.29 is 52.7 Å². The molecule has 5 heterocycles.